The number of aryl methyl sites for hydroxylation is 3. The highest BCUT2D eigenvalue weighted by molar-refractivity contribution is 7.89. The van der Waals surface area contributed by atoms with Crippen LogP contribution in [0.3, 0.4) is 0 Å². The number of piperidine rings is 1. The van der Waals surface area contributed by atoms with Crippen molar-refractivity contribution in [3.8, 4) is 0 Å². The molecule has 2 N–H and O–H groups in total. The Balaban J connectivity index is 0.00000392. The van der Waals surface area contributed by atoms with E-state index in [4.69, 9.17) is 0 Å². The lowest BCUT2D eigenvalue weighted by atomic mass is 9.97. The van der Waals surface area contributed by atoms with Crippen LogP contribution in [0.1, 0.15) is 42.9 Å². The van der Waals surface area contributed by atoms with Gasteiger partial charge in [-0.25, -0.2) is 8.42 Å². The Morgan fingerprint density at radius 3 is 2.18 bits per heavy atom. The molecule has 0 spiro atoms. The third-order valence-electron chi connectivity index (χ3n) is 5.06. The molecule has 2 rings (SSSR count). The summed E-state index contributed by atoms with van der Waals surface area (Å²) in [6, 6.07) is 3.82. The van der Waals surface area contributed by atoms with Crippen molar-refractivity contribution >= 4 is 28.3 Å². The van der Waals surface area contributed by atoms with Gasteiger partial charge in [0.05, 0.1) is 4.90 Å². The molecule has 1 aromatic carbocycles. The average Bonchev–Trinajstić information content (AvgIpc) is 2.60. The topological polar surface area (TPSA) is 78.5 Å². The van der Waals surface area contributed by atoms with Gasteiger partial charge >= 0.3 is 0 Å². The summed E-state index contributed by atoms with van der Waals surface area (Å²) in [6.07, 6.45) is 2.20. The molecule has 28 heavy (non-hydrogen) atoms. The molecule has 0 radical (unpaired) electrons. The van der Waals surface area contributed by atoms with Crippen LogP contribution in [-0.2, 0) is 14.8 Å². The van der Waals surface area contributed by atoms with Crippen LogP contribution in [0.4, 0.5) is 0 Å². The molecule has 160 valence electrons. The maximum atomic E-state index is 13.1. The van der Waals surface area contributed by atoms with E-state index < -0.39 is 10.0 Å². The van der Waals surface area contributed by atoms with Crippen LogP contribution in [0, 0.1) is 26.7 Å². The second-order valence-electron chi connectivity index (χ2n) is 7.45. The van der Waals surface area contributed by atoms with Crippen LogP contribution < -0.4 is 10.6 Å². The molecule has 1 aliphatic heterocycles. The lowest BCUT2D eigenvalue weighted by Gasteiger charge is -2.31. The standard InChI is InChI=1S/C20H33N3O3S.ClH/c1-5-8-21-9-10-22-20(24)18-6-11-23(12-7-18)27(25,26)19-16(3)13-15(2)14-17(19)4;/h13-14,18,21H,5-12H2,1-4H3,(H,22,24);1H. The fourth-order valence-corrected chi connectivity index (χ4v) is 5.66. The number of nitrogens with one attached hydrogen (secondary N) is 2. The summed E-state index contributed by atoms with van der Waals surface area (Å²) in [7, 11) is -3.52. The Labute approximate surface area is 175 Å². The van der Waals surface area contributed by atoms with Gasteiger partial charge in [-0.1, -0.05) is 24.6 Å². The van der Waals surface area contributed by atoms with Gasteiger partial charge in [0, 0.05) is 32.1 Å². The van der Waals surface area contributed by atoms with Gasteiger partial charge in [0.1, 0.15) is 0 Å². The molecule has 8 heteroatoms. The zero-order valence-electron chi connectivity index (χ0n) is 17.4. The van der Waals surface area contributed by atoms with Gasteiger partial charge in [-0.2, -0.15) is 4.31 Å². The first-order valence-electron chi connectivity index (χ1n) is 9.83. The predicted octanol–water partition coefficient (Wildman–Crippen LogP) is 2.55. The highest BCUT2D eigenvalue weighted by Crippen LogP contribution is 2.28. The van der Waals surface area contributed by atoms with Gasteiger partial charge in [0.25, 0.3) is 0 Å². The SMILES string of the molecule is CCCNCCNC(=O)C1CCN(S(=O)(=O)c2c(C)cc(C)cc2C)CC1.Cl. The van der Waals surface area contributed by atoms with Gasteiger partial charge < -0.3 is 10.6 Å². The van der Waals surface area contributed by atoms with E-state index >= 15 is 0 Å². The Hall–Kier alpha value is -1.15. The van der Waals surface area contributed by atoms with Crippen LogP contribution in [-0.4, -0.2) is 51.4 Å². The zero-order chi connectivity index (χ0) is 20.0. The number of hydrogen-bond acceptors (Lipinski definition) is 4. The molecule has 1 fully saturated rings. The highest BCUT2D eigenvalue weighted by atomic mass is 35.5. The van der Waals surface area contributed by atoms with Crippen molar-refractivity contribution in [2.75, 3.05) is 32.7 Å². The summed E-state index contributed by atoms with van der Waals surface area (Å²) in [5, 5.41) is 6.20. The van der Waals surface area contributed by atoms with Crippen LogP contribution in [0.15, 0.2) is 17.0 Å². The minimum absolute atomic E-state index is 0. The molecule has 1 aromatic rings. The molecule has 0 bridgehead atoms. The van der Waals surface area contributed by atoms with Crippen molar-refractivity contribution < 1.29 is 13.2 Å². The number of halogens is 1. The molecule has 0 unspecified atom stereocenters. The summed E-state index contributed by atoms with van der Waals surface area (Å²) in [4.78, 5) is 12.7. The van der Waals surface area contributed by atoms with E-state index in [2.05, 4.69) is 17.6 Å². The predicted molar refractivity (Wildman–Crippen MR) is 116 cm³/mol. The van der Waals surface area contributed by atoms with E-state index in [1.807, 2.05) is 32.9 Å². The molecular formula is C20H34ClN3O3S. The molecule has 1 heterocycles. The van der Waals surface area contributed by atoms with Gasteiger partial charge in [-0.15, -0.1) is 12.4 Å². The van der Waals surface area contributed by atoms with Crippen molar-refractivity contribution in [1.82, 2.24) is 14.9 Å². The number of nitrogens with zero attached hydrogens (tertiary/aromatic N) is 1. The first-order chi connectivity index (χ1) is 12.8. The lowest BCUT2D eigenvalue weighted by Crippen LogP contribution is -2.44. The van der Waals surface area contributed by atoms with E-state index in [9.17, 15) is 13.2 Å². The van der Waals surface area contributed by atoms with Crippen LogP contribution >= 0.6 is 12.4 Å². The highest BCUT2D eigenvalue weighted by Gasteiger charge is 2.33. The van der Waals surface area contributed by atoms with Gasteiger partial charge in [-0.3, -0.25) is 4.79 Å². The maximum absolute atomic E-state index is 13.1. The van der Waals surface area contributed by atoms with E-state index in [1.165, 1.54) is 4.31 Å². The van der Waals surface area contributed by atoms with Crippen molar-refractivity contribution in [3.05, 3.63) is 28.8 Å². The van der Waals surface area contributed by atoms with Crippen LogP contribution in [0.25, 0.3) is 0 Å². The number of rotatable bonds is 8. The second kappa shape index (κ2) is 11.1. The first kappa shape index (κ1) is 24.9. The quantitative estimate of drug-likeness (QED) is 0.620. The molecule has 1 amide bonds. The van der Waals surface area contributed by atoms with Crippen LogP contribution in [0.5, 0.6) is 0 Å². The summed E-state index contributed by atoms with van der Waals surface area (Å²) in [6.45, 7) is 10.9. The largest absolute Gasteiger partial charge is 0.355 e. The van der Waals surface area contributed by atoms with Crippen molar-refractivity contribution in [3.63, 3.8) is 0 Å². The van der Waals surface area contributed by atoms with Gasteiger partial charge in [-0.05, 0) is 57.7 Å². The summed E-state index contributed by atoms with van der Waals surface area (Å²) in [5.41, 5.74) is 2.63. The minimum Gasteiger partial charge on any atom is -0.355 e. The van der Waals surface area contributed by atoms with E-state index in [0.717, 1.165) is 36.2 Å². The fourth-order valence-electron chi connectivity index (χ4n) is 3.78. The fraction of sp³-hybridized carbons (Fsp3) is 0.650. The molecule has 1 aliphatic rings. The third kappa shape index (κ3) is 6.17. The summed E-state index contributed by atoms with van der Waals surface area (Å²) in [5.74, 6) is -0.0733. The normalized spacial score (nSPS) is 15.9. The Kier molecular flexibility index (Phi) is 9.90. The van der Waals surface area contributed by atoms with E-state index in [1.54, 1.807) is 0 Å². The number of amides is 1. The number of sulfonamides is 1. The third-order valence-corrected chi connectivity index (χ3v) is 7.26. The van der Waals surface area contributed by atoms with E-state index in [-0.39, 0.29) is 24.2 Å². The van der Waals surface area contributed by atoms with E-state index in [0.29, 0.717) is 37.4 Å². The monoisotopic (exact) mass is 431 g/mol. The smallest absolute Gasteiger partial charge is 0.243 e. The molecule has 6 nitrogen and oxygen atoms in total. The Morgan fingerprint density at radius 1 is 1.07 bits per heavy atom. The number of carbonyl (C=O) groups is 1. The molecule has 0 atom stereocenters. The number of carbonyl (C=O) groups excluding carboxylic acids is 1. The molecular weight excluding hydrogens is 398 g/mol. The second-order valence-corrected chi connectivity index (χ2v) is 9.32. The molecule has 0 saturated carbocycles. The van der Waals surface area contributed by atoms with Gasteiger partial charge in [0.2, 0.25) is 15.9 Å². The molecule has 0 aliphatic carbocycles. The average molecular weight is 432 g/mol. The number of hydrogen-bond donors (Lipinski definition) is 2. The Morgan fingerprint density at radius 2 is 1.64 bits per heavy atom. The van der Waals surface area contributed by atoms with Crippen molar-refractivity contribution in [2.45, 2.75) is 51.9 Å². The van der Waals surface area contributed by atoms with Crippen LogP contribution in [0.2, 0.25) is 0 Å². The zero-order valence-corrected chi connectivity index (χ0v) is 19.0. The summed E-state index contributed by atoms with van der Waals surface area (Å²) < 4.78 is 27.7. The van der Waals surface area contributed by atoms with Gasteiger partial charge in [0.15, 0.2) is 0 Å². The minimum atomic E-state index is -3.52. The van der Waals surface area contributed by atoms with Crippen molar-refractivity contribution in [2.24, 2.45) is 5.92 Å². The molecule has 0 aromatic heterocycles. The lowest BCUT2D eigenvalue weighted by molar-refractivity contribution is -0.126. The maximum Gasteiger partial charge on any atom is 0.243 e. The van der Waals surface area contributed by atoms with Crippen molar-refractivity contribution in [1.29, 1.82) is 0 Å². The number of benzene rings is 1. The Bertz CT molecular complexity index is 737. The summed E-state index contributed by atoms with van der Waals surface area (Å²) >= 11 is 0. The first-order valence-corrected chi connectivity index (χ1v) is 11.3. The molecule has 1 saturated heterocycles.